The van der Waals surface area contributed by atoms with Gasteiger partial charge >= 0.3 is 5.97 Å². The van der Waals surface area contributed by atoms with E-state index >= 15 is 0 Å². The number of hydrogen-bond acceptors (Lipinski definition) is 6. The molecule has 1 atom stereocenters. The summed E-state index contributed by atoms with van der Waals surface area (Å²) >= 11 is 5.45. The predicted molar refractivity (Wildman–Crippen MR) is 128 cm³/mol. The normalized spacial score (nSPS) is 15.5. The number of nitrogens with one attached hydrogen (secondary N) is 1. The fourth-order valence-electron chi connectivity index (χ4n) is 3.56. The smallest absolute Gasteiger partial charge is 0.338 e. The maximum absolute atomic E-state index is 12.7. The summed E-state index contributed by atoms with van der Waals surface area (Å²) in [6.07, 6.45) is 0.629. The van der Waals surface area contributed by atoms with Crippen molar-refractivity contribution in [1.29, 1.82) is 0 Å². The molecule has 3 rings (SSSR count). The van der Waals surface area contributed by atoms with E-state index in [1.54, 1.807) is 50.2 Å². The fourth-order valence-corrected chi connectivity index (χ4v) is 3.87. The lowest BCUT2D eigenvalue weighted by Crippen LogP contribution is -2.39. The van der Waals surface area contributed by atoms with E-state index in [0.29, 0.717) is 29.3 Å². The highest BCUT2D eigenvalue weighted by Gasteiger charge is 2.41. The standard InChI is InChI=1S/C24H27N3O5S/c1-4-32-23(30)17-7-9-18(10-8-17)25-21(28)15-20-22(29)26(2)24(33)27(20)14-13-16-5-11-19(31-3)12-6-16/h5-12,20H,4,13-15H2,1-3H3,(H,25,28)/t20-/m1/s1. The van der Waals surface area contributed by atoms with Crippen molar-refractivity contribution in [2.24, 2.45) is 0 Å². The molecule has 0 unspecified atom stereocenters. The van der Waals surface area contributed by atoms with Crippen molar-refractivity contribution < 1.29 is 23.9 Å². The van der Waals surface area contributed by atoms with E-state index in [0.717, 1.165) is 11.3 Å². The minimum atomic E-state index is -0.667. The molecule has 2 amide bonds. The molecule has 1 heterocycles. The highest BCUT2D eigenvalue weighted by molar-refractivity contribution is 7.80. The Morgan fingerprint density at radius 3 is 2.36 bits per heavy atom. The Morgan fingerprint density at radius 1 is 1.09 bits per heavy atom. The molecule has 8 nitrogen and oxygen atoms in total. The number of anilines is 1. The van der Waals surface area contributed by atoms with E-state index in [-0.39, 0.29) is 24.8 Å². The van der Waals surface area contributed by atoms with Crippen LogP contribution in [0.5, 0.6) is 5.75 Å². The average molecular weight is 470 g/mol. The molecule has 9 heteroatoms. The Bertz CT molecular complexity index is 1020. The number of hydrogen-bond donors (Lipinski definition) is 1. The largest absolute Gasteiger partial charge is 0.497 e. The summed E-state index contributed by atoms with van der Waals surface area (Å²) in [6, 6.07) is 13.4. The second-order valence-electron chi connectivity index (χ2n) is 7.54. The van der Waals surface area contributed by atoms with Gasteiger partial charge in [0.1, 0.15) is 11.8 Å². The summed E-state index contributed by atoms with van der Waals surface area (Å²) in [6.45, 7) is 2.53. The van der Waals surface area contributed by atoms with Crippen LogP contribution in [0, 0.1) is 0 Å². The molecule has 1 fully saturated rings. The molecule has 0 saturated carbocycles. The summed E-state index contributed by atoms with van der Waals surface area (Å²) in [5.74, 6) is -0.168. The van der Waals surface area contributed by atoms with Crippen LogP contribution in [0.25, 0.3) is 0 Å². The quantitative estimate of drug-likeness (QED) is 0.446. The summed E-state index contributed by atoms with van der Waals surface area (Å²) in [5, 5.41) is 3.19. The van der Waals surface area contributed by atoms with Crippen LogP contribution in [0.3, 0.4) is 0 Å². The second-order valence-corrected chi connectivity index (χ2v) is 7.90. The highest BCUT2D eigenvalue weighted by atomic mass is 32.1. The number of ether oxygens (including phenoxy) is 2. The topological polar surface area (TPSA) is 88.2 Å². The number of methoxy groups -OCH3 is 1. The van der Waals surface area contributed by atoms with Crippen LogP contribution in [0.4, 0.5) is 5.69 Å². The zero-order valence-electron chi connectivity index (χ0n) is 18.9. The van der Waals surface area contributed by atoms with E-state index < -0.39 is 12.0 Å². The molecule has 0 radical (unpaired) electrons. The number of benzene rings is 2. The summed E-state index contributed by atoms with van der Waals surface area (Å²) in [4.78, 5) is 40.4. The van der Waals surface area contributed by atoms with Gasteiger partial charge in [0.05, 0.1) is 25.7 Å². The lowest BCUT2D eigenvalue weighted by atomic mass is 10.1. The lowest BCUT2D eigenvalue weighted by molar-refractivity contribution is -0.130. The van der Waals surface area contributed by atoms with Crippen molar-refractivity contribution >= 4 is 40.8 Å². The molecule has 1 saturated heterocycles. The van der Waals surface area contributed by atoms with Crippen LogP contribution in [-0.4, -0.2) is 66.0 Å². The van der Waals surface area contributed by atoms with Crippen molar-refractivity contribution in [3.8, 4) is 5.75 Å². The van der Waals surface area contributed by atoms with Gasteiger partial charge in [-0.2, -0.15) is 0 Å². The molecular formula is C24H27N3O5S. The van der Waals surface area contributed by atoms with Crippen molar-refractivity contribution in [2.45, 2.75) is 25.8 Å². The molecule has 2 aromatic carbocycles. The number of carbonyl (C=O) groups excluding carboxylic acids is 3. The number of nitrogens with zero attached hydrogens (tertiary/aromatic N) is 2. The Labute approximate surface area is 198 Å². The molecular weight excluding hydrogens is 442 g/mol. The first-order valence-corrected chi connectivity index (χ1v) is 11.0. The number of thiocarbonyl (C=S) groups is 1. The number of rotatable bonds is 9. The van der Waals surface area contributed by atoms with Gasteiger partial charge in [-0.1, -0.05) is 12.1 Å². The third-order valence-electron chi connectivity index (χ3n) is 5.38. The number of carbonyl (C=O) groups is 3. The van der Waals surface area contributed by atoms with Crippen LogP contribution >= 0.6 is 12.2 Å². The molecule has 1 aliphatic rings. The Balaban J connectivity index is 1.62. The van der Waals surface area contributed by atoms with Crippen LogP contribution in [0.2, 0.25) is 0 Å². The Morgan fingerprint density at radius 2 is 1.76 bits per heavy atom. The third-order valence-corrected chi connectivity index (χ3v) is 5.89. The first kappa shape index (κ1) is 24.2. The van der Waals surface area contributed by atoms with Crippen molar-refractivity contribution in [2.75, 3.05) is 32.6 Å². The minimum absolute atomic E-state index is 0.0362. The molecule has 33 heavy (non-hydrogen) atoms. The van der Waals surface area contributed by atoms with Gasteiger partial charge in [0, 0.05) is 19.3 Å². The van der Waals surface area contributed by atoms with Gasteiger partial charge < -0.3 is 19.7 Å². The van der Waals surface area contributed by atoms with Gasteiger partial charge in [-0.25, -0.2) is 4.79 Å². The van der Waals surface area contributed by atoms with Crippen LogP contribution < -0.4 is 10.1 Å². The van der Waals surface area contributed by atoms with Crippen LogP contribution in [0.15, 0.2) is 48.5 Å². The molecule has 0 bridgehead atoms. The van der Waals surface area contributed by atoms with Gasteiger partial charge in [-0.05, 0) is 67.5 Å². The second kappa shape index (κ2) is 10.9. The zero-order chi connectivity index (χ0) is 24.0. The predicted octanol–water partition coefficient (Wildman–Crippen LogP) is 2.87. The van der Waals surface area contributed by atoms with Crippen molar-refractivity contribution in [1.82, 2.24) is 9.80 Å². The molecule has 0 aromatic heterocycles. The maximum atomic E-state index is 12.7. The van der Waals surface area contributed by atoms with E-state index in [2.05, 4.69) is 5.32 Å². The highest BCUT2D eigenvalue weighted by Crippen LogP contribution is 2.22. The maximum Gasteiger partial charge on any atom is 0.338 e. The fraction of sp³-hybridized carbons (Fsp3) is 0.333. The van der Waals surface area contributed by atoms with Gasteiger partial charge in [0.2, 0.25) is 5.91 Å². The molecule has 1 aliphatic heterocycles. The zero-order valence-corrected chi connectivity index (χ0v) is 19.7. The first-order valence-electron chi connectivity index (χ1n) is 10.6. The monoisotopic (exact) mass is 469 g/mol. The van der Waals surface area contributed by atoms with Crippen molar-refractivity contribution in [3.63, 3.8) is 0 Å². The van der Waals surface area contributed by atoms with Crippen LogP contribution in [0.1, 0.15) is 29.3 Å². The summed E-state index contributed by atoms with van der Waals surface area (Å²) in [7, 11) is 3.24. The number of esters is 1. The van der Waals surface area contributed by atoms with Crippen LogP contribution in [-0.2, 0) is 20.7 Å². The SMILES string of the molecule is CCOC(=O)c1ccc(NC(=O)C[C@@H]2C(=O)N(C)C(=S)N2CCc2ccc(OC)cc2)cc1. The third kappa shape index (κ3) is 5.87. The molecule has 1 N–H and O–H groups in total. The van der Waals surface area contributed by atoms with E-state index in [4.69, 9.17) is 21.7 Å². The Hall–Kier alpha value is -3.46. The number of likely N-dealkylation sites (N-methyl/N-ethyl adjacent to an activating group) is 1. The van der Waals surface area contributed by atoms with E-state index in [1.165, 1.54) is 4.90 Å². The molecule has 2 aromatic rings. The van der Waals surface area contributed by atoms with Gasteiger partial charge in [-0.15, -0.1) is 0 Å². The summed E-state index contributed by atoms with van der Waals surface area (Å²) in [5.41, 5.74) is 2.00. The van der Waals surface area contributed by atoms with Crippen molar-refractivity contribution in [3.05, 3.63) is 59.7 Å². The van der Waals surface area contributed by atoms with Gasteiger partial charge in [0.25, 0.3) is 5.91 Å². The number of amides is 2. The minimum Gasteiger partial charge on any atom is -0.497 e. The molecule has 174 valence electrons. The van der Waals surface area contributed by atoms with E-state index in [9.17, 15) is 14.4 Å². The van der Waals surface area contributed by atoms with E-state index in [1.807, 2.05) is 24.3 Å². The first-order chi connectivity index (χ1) is 15.8. The Kier molecular flexibility index (Phi) is 8.00. The molecule has 0 aliphatic carbocycles. The van der Waals surface area contributed by atoms with Gasteiger partial charge in [-0.3, -0.25) is 14.5 Å². The lowest BCUT2D eigenvalue weighted by Gasteiger charge is -2.23. The van der Waals surface area contributed by atoms with Gasteiger partial charge in [0.15, 0.2) is 5.11 Å². The summed E-state index contributed by atoms with van der Waals surface area (Å²) < 4.78 is 10.1. The molecule has 0 spiro atoms. The average Bonchev–Trinajstić information content (AvgIpc) is 3.01.